The molecule has 0 aromatic heterocycles. The Bertz CT molecular complexity index is 103. The summed E-state index contributed by atoms with van der Waals surface area (Å²) >= 11 is 9.14. The highest BCUT2D eigenvalue weighted by molar-refractivity contribution is 7.81. The summed E-state index contributed by atoms with van der Waals surface area (Å²) < 4.78 is 0. The van der Waals surface area contributed by atoms with Crippen LogP contribution in [0.2, 0.25) is 0 Å². The van der Waals surface area contributed by atoms with Crippen LogP contribution < -0.4 is 5.32 Å². The lowest BCUT2D eigenvalue weighted by atomic mass is 10.2. The molecule has 1 unspecified atom stereocenters. The summed E-state index contributed by atoms with van der Waals surface area (Å²) in [7, 11) is 0. The SMILES string of the molecule is S=C1CCCC(S)N1. The first-order chi connectivity index (χ1) is 3.79. The lowest BCUT2D eigenvalue weighted by molar-refractivity contribution is 0.645. The molecule has 1 aliphatic rings. The van der Waals surface area contributed by atoms with E-state index >= 15 is 0 Å². The molecule has 1 atom stereocenters. The lowest BCUT2D eigenvalue weighted by Crippen LogP contribution is -2.33. The fourth-order valence-electron chi connectivity index (χ4n) is 0.786. The van der Waals surface area contributed by atoms with Crippen molar-refractivity contribution in [3.63, 3.8) is 0 Å². The van der Waals surface area contributed by atoms with Crippen molar-refractivity contribution in [2.75, 3.05) is 0 Å². The molecule has 0 aliphatic carbocycles. The summed E-state index contributed by atoms with van der Waals surface area (Å²) in [5.74, 6) is 0. The average molecular weight is 147 g/mol. The molecule has 0 aromatic rings. The molecule has 3 heteroatoms. The van der Waals surface area contributed by atoms with E-state index in [0.29, 0.717) is 5.37 Å². The summed E-state index contributed by atoms with van der Waals surface area (Å²) in [5.41, 5.74) is 0. The Morgan fingerprint density at radius 2 is 2.50 bits per heavy atom. The minimum absolute atomic E-state index is 0.316. The molecule has 0 bridgehead atoms. The summed E-state index contributed by atoms with van der Waals surface area (Å²) in [6.45, 7) is 0. The normalized spacial score (nSPS) is 29.6. The summed E-state index contributed by atoms with van der Waals surface area (Å²) in [6, 6.07) is 0. The number of thiol groups is 1. The molecule has 1 N–H and O–H groups in total. The molecule has 1 heterocycles. The van der Waals surface area contributed by atoms with Crippen molar-refractivity contribution in [3.05, 3.63) is 0 Å². The quantitative estimate of drug-likeness (QED) is 0.396. The van der Waals surface area contributed by atoms with E-state index in [1.54, 1.807) is 0 Å². The Labute approximate surface area is 60.3 Å². The minimum atomic E-state index is 0.316. The van der Waals surface area contributed by atoms with Crippen LogP contribution in [0.4, 0.5) is 0 Å². The predicted octanol–water partition coefficient (Wildman–Crippen LogP) is 1.34. The standard InChI is InChI=1S/C5H9NS2/c7-4-2-1-3-5(8)6-4/h4,7H,1-3H2,(H,6,8). The van der Waals surface area contributed by atoms with Gasteiger partial charge in [0.05, 0.1) is 10.4 Å². The van der Waals surface area contributed by atoms with Gasteiger partial charge in [0.1, 0.15) is 0 Å². The highest BCUT2D eigenvalue weighted by Gasteiger charge is 2.09. The van der Waals surface area contributed by atoms with E-state index in [1.807, 2.05) is 0 Å². The Kier molecular flexibility index (Phi) is 2.14. The van der Waals surface area contributed by atoms with Gasteiger partial charge in [-0.2, -0.15) is 12.6 Å². The molecule has 1 nitrogen and oxygen atoms in total. The minimum Gasteiger partial charge on any atom is -0.368 e. The van der Waals surface area contributed by atoms with Crippen LogP contribution >= 0.6 is 24.8 Å². The van der Waals surface area contributed by atoms with E-state index in [2.05, 4.69) is 17.9 Å². The van der Waals surface area contributed by atoms with Gasteiger partial charge in [-0.15, -0.1) is 0 Å². The third kappa shape index (κ3) is 1.63. The maximum atomic E-state index is 4.92. The van der Waals surface area contributed by atoms with Crippen molar-refractivity contribution < 1.29 is 0 Å². The molecule has 0 amide bonds. The number of piperidine rings is 1. The first kappa shape index (κ1) is 6.36. The fourth-order valence-corrected chi connectivity index (χ4v) is 1.50. The van der Waals surface area contributed by atoms with Gasteiger partial charge in [0, 0.05) is 0 Å². The van der Waals surface area contributed by atoms with Gasteiger partial charge in [-0.25, -0.2) is 0 Å². The Balaban J connectivity index is 2.34. The van der Waals surface area contributed by atoms with E-state index in [4.69, 9.17) is 12.2 Å². The number of hydrogen-bond donors (Lipinski definition) is 2. The molecule has 0 radical (unpaired) electrons. The second-order valence-electron chi connectivity index (χ2n) is 1.98. The zero-order valence-corrected chi connectivity index (χ0v) is 6.27. The van der Waals surface area contributed by atoms with Crippen LogP contribution in [-0.2, 0) is 0 Å². The molecule has 8 heavy (non-hydrogen) atoms. The second-order valence-corrected chi connectivity index (χ2v) is 3.09. The molecule has 0 saturated carbocycles. The van der Waals surface area contributed by atoms with Crippen molar-refractivity contribution in [2.24, 2.45) is 0 Å². The van der Waals surface area contributed by atoms with E-state index < -0.39 is 0 Å². The maximum absolute atomic E-state index is 4.92. The van der Waals surface area contributed by atoms with Crippen LogP contribution in [0, 0.1) is 0 Å². The maximum Gasteiger partial charge on any atom is 0.0761 e. The monoisotopic (exact) mass is 147 g/mol. The largest absolute Gasteiger partial charge is 0.368 e. The van der Waals surface area contributed by atoms with Gasteiger partial charge in [0.15, 0.2) is 0 Å². The second kappa shape index (κ2) is 2.69. The zero-order chi connectivity index (χ0) is 5.98. The third-order valence-corrected chi connectivity index (χ3v) is 1.92. The van der Waals surface area contributed by atoms with Crippen LogP contribution in [-0.4, -0.2) is 10.4 Å². The van der Waals surface area contributed by atoms with Gasteiger partial charge in [-0.1, -0.05) is 12.2 Å². The summed E-state index contributed by atoms with van der Waals surface area (Å²) in [5, 5.41) is 3.39. The molecule has 1 saturated heterocycles. The van der Waals surface area contributed by atoms with Crippen molar-refractivity contribution >= 4 is 29.8 Å². The van der Waals surface area contributed by atoms with E-state index in [-0.39, 0.29) is 0 Å². The Hall–Kier alpha value is 0.240. The van der Waals surface area contributed by atoms with E-state index in [0.717, 1.165) is 17.8 Å². The van der Waals surface area contributed by atoms with Gasteiger partial charge in [-0.3, -0.25) is 0 Å². The molecule has 0 aromatic carbocycles. The van der Waals surface area contributed by atoms with Crippen molar-refractivity contribution in [2.45, 2.75) is 24.6 Å². The topological polar surface area (TPSA) is 12.0 Å². The van der Waals surface area contributed by atoms with Crippen LogP contribution in [0.5, 0.6) is 0 Å². The average Bonchev–Trinajstić information content (AvgIpc) is 1.64. The van der Waals surface area contributed by atoms with Crippen LogP contribution in [0.15, 0.2) is 0 Å². The number of thiocarbonyl (C=S) groups is 1. The summed E-state index contributed by atoms with van der Waals surface area (Å²) in [4.78, 5) is 0.969. The number of hydrogen-bond acceptors (Lipinski definition) is 2. The van der Waals surface area contributed by atoms with Crippen LogP contribution in [0.1, 0.15) is 19.3 Å². The first-order valence-electron chi connectivity index (χ1n) is 2.76. The van der Waals surface area contributed by atoms with E-state index in [1.165, 1.54) is 6.42 Å². The molecular formula is C5H9NS2. The van der Waals surface area contributed by atoms with Crippen molar-refractivity contribution in [1.29, 1.82) is 0 Å². The molecule has 46 valence electrons. The van der Waals surface area contributed by atoms with Gasteiger partial charge >= 0.3 is 0 Å². The van der Waals surface area contributed by atoms with Crippen molar-refractivity contribution in [3.8, 4) is 0 Å². The molecule has 1 fully saturated rings. The van der Waals surface area contributed by atoms with Gasteiger partial charge < -0.3 is 5.32 Å². The lowest BCUT2D eigenvalue weighted by Gasteiger charge is -2.19. The molecule has 0 spiro atoms. The van der Waals surface area contributed by atoms with Gasteiger partial charge in [-0.05, 0) is 19.3 Å². The predicted molar refractivity (Wildman–Crippen MR) is 42.4 cm³/mol. The highest BCUT2D eigenvalue weighted by atomic mass is 32.1. The van der Waals surface area contributed by atoms with Gasteiger partial charge in [0.25, 0.3) is 0 Å². The van der Waals surface area contributed by atoms with Crippen LogP contribution in [0.3, 0.4) is 0 Å². The molecule has 1 rings (SSSR count). The smallest absolute Gasteiger partial charge is 0.0761 e. The number of nitrogens with one attached hydrogen (secondary N) is 1. The van der Waals surface area contributed by atoms with Crippen LogP contribution in [0.25, 0.3) is 0 Å². The van der Waals surface area contributed by atoms with E-state index in [9.17, 15) is 0 Å². The Morgan fingerprint density at radius 1 is 1.75 bits per heavy atom. The number of rotatable bonds is 0. The Morgan fingerprint density at radius 3 is 2.88 bits per heavy atom. The van der Waals surface area contributed by atoms with Crippen molar-refractivity contribution in [1.82, 2.24) is 5.32 Å². The molecular weight excluding hydrogens is 138 g/mol. The highest BCUT2D eigenvalue weighted by Crippen LogP contribution is 2.10. The first-order valence-corrected chi connectivity index (χ1v) is 3.69. The zero-order valence-electron chi connectivity index (χ0n) is 4.55. The fraction of sp³-hybridized carbons (Fsp3) is 0.800. The van der Waals surface area contributed by atoms with Gasteiger partial charge in [0.2, 0.25) is 0 Å². The third-order valence-electron chi connectivity index (χ3n) is 1.21. The molecule has 1 aliphatic heterocycles. The summed E-state index contributed by atoms with van der Waals surface area (Å²) in [6.07, 6.45) is 3.38.